The van der Waals surface area contributed by atoms with Gasteiger partial charge < -0.3 is 20.6 Å². The maximum Gasteiger partial charge on any atom is 0.294 e. The van der Waals surface area contributed by atoms with Gasteiger partial charge in [0.15, 0.2) is 6.04 Å². The molecule has 0 radical (unpaired) electrons. The van der Waals surface area contributed by atoms with Crippen molar-refractivity contribution in [1.82, 2.24) is 15.2 Å². The van der Waals surface area contributed by atoms with Gasteiger partial charge in [-0.2, -0.15) is 0 Å². The molecular weight excluding hydrogens is 785 g/mol. The van der Waals surface area contributed by atoms with Gasteiger partial charge >= 0.3 is 0 Å². The summed E-state index contributed by atoms with van der Waals surface area (Å²) in [6.45, 7) is 24.8. The van der Waals surface area contributed by atoms with Crippen LogP contribution in [0.25, 0.3) is 0 Å². The minimum atomic E-state index is -0.0413. The molecule has 64 heavy (non-hydrogen) atoms. The van der Waals surface area contributed by atoms with Crippen LogP contribution in [0.5, 0.6) is 5.75 Å². The number of unbranched alkanes of at least 4 members (excludes halogenated alkanes) is 30. The van der Waals surface area contributed by atoms with Gasteiger partial charge in [-0.3, -0.25) is 4.79 Å². The van der Waals surface area contributed by atoms with Gasteiger partial charge in [0, 0.05) is 54.0 Å². The molecule has 0 amide bonds. The fraction of sp³-hybridized carbons (Fsp3) is 0.931. The number of nitrogens with zero attached hydrogens (tertiary/aromatic N) is 2. The molecule has 1 aromatic carbocycles. The van der Waals surface area contributed by atoms with Crippen LogP contribution >= 0.6 is 0 Å². The molecule has 0 aliphatic carbocycles. The van der Waals surface area contributed by atoms with E-state index in [1.165, 1.54) is 193 Å². The molecule has 0 bridgehead atoms. The normalized spacial score (nSPS) is 19.1. The molecule has 2 saturated heterocycles. The summed E-state index contributed by atoms with van der Waals surface area (Å²) in [5.74, 6) is 0.279. The summed E-state index contributed by atoms with van der Waals surface area (Å²) in [4.78, 5) is 17.1. The first-order valence-corrected chi connectivity index (χ1v) is 28.5. The Labute approximate surface area is 398 Å². The lowest BCUT2D eigenvalue weighted by Crippen LogP contribution is -2.65. The molecule has 1 aromatic rings. The lowest BCUT2D eigenvalue weighted by atomic mass is 9.78. The van der Waals surface area contributed by atoms with E-state index in [4.69, 9.17) is 0 Å². The topological polar surface area (TPSA) is 67.6 Å². The Morgan fingerprint density at radius 3 is 1.09 bits per heavy atom. The van der Waals surface area contributed by atoms with Crippen molar-refractivity contribution in [3.63, 3.8) is 0 Å². The summed E-state index contributed by atoms with van der Waals surface area (Å²) in [6, 6.07) is 0.437. The van der Waals surface area contributed by atoms with E-state index in [9.17, 15) is 9.90 Å². The van der Waals surface area contributed by atoms with Crippen LogP contribution in [0.3, 0.4) is 0 Å². The summed E-state index contributed by atoms with van der Waals surface area (Å²) in [5.41, 5.74) is 0.536. The maximum absolute atomic E-state index is 14.8. The SMILES string of the molecule is CCCCCCCCCCCCCCCCCCN(c1c(O)c(=[N+](CCCCCCCCCCCCCCCCCC)C2CC(C)(C)NC(C)(C)C2)c1=O)C1CC(C)(C)NC(C)(C)C1. The largest absolute Gasteiger partial charge is 0.501 e. The van der Waals surface area contributed by atoms with E-state index >= 15 is 0 Å². The third-order valence-corrected chi connectivity index (χ3v) is 15.2. The lowest BCUT2D eigenvalue weighted by molar-refractivity contribution is 0.132. The summed E-state index contributed by atoms with van der Waals surface area (Å²) >= 11 is 0. The Morgan fingerprint density at radius 1 is 0.469 bits per heavy atom. The number of hydrogen-bond acceptors (Lipinski definition) is 5. The Kier molecular flexibility index (Phi) is 26.8. The first-order valence-electron chi connectivity index (χ1n) is 28.5. The van der Waals surface area contributed by atoms with Gasteiger partial charge in [-0.1, -0.05) is 200 Å². The van der Waals surface area contributed by atoms with Crippen LogP contribution in [-0.4, -0.2) is 52.4 Å². The Bertz CT molecular complexity index is 1420. The molecule has 2 aliphatic rings. The van der Waals surface area contributed by atoms with Gasteiger partial charge in [-0.25, -0.2) is 4.58 Å². The molecular formula is C58H111N4O2+. The average Bonchev–Trinajstić information content (AvgIpc) is 3.20. The zero-order chi connectivity index (χ0) is 46.9. The van der Waals surface area contributed by atoms with Gasteiger partial charge in [-0.05, 0) is 81.1 Å². The first kappa shape index (κ1) is 56.9. The summed E-state index contributed by atoms with van der Waals surface area (Å²) in [6.07, 6.45) is 47.2. The smallest absolute Gasteiger partial charge is 0.294 e. The molecule has 6 nitrogen and oxygen atoms in total. The first-order chi connectivity index (χ1) is 30.5. The van der Waals surface area contributed by atoms with E-state index in [1.807, 2.05) is 0 Å². The van der Waals surface area contributed by atoms with Crippen LogP contribution in [0.1, 0.15) is 300 Å². The molecule has 3 N–H and O–H groups in total. The van der Waals surface area contributed by atoms with Gasteiger partial charge in [0.25, 0.3) is 10.8 Å². The second kappa shape index (κ2) is 30.2. The molecule has 3 rings (SSSR count). The number of piperidine rings is 2. The maximum atomic E-state index is 14.8. The van der Waals surface area contributed by atoms with E-state index in [0.29, 0.717) is 11.0 Å². The van der Waals surface area contributed by atoms with Gasteiger partial charge in [-0.15, -0.1) is 0 Å². The van der Waals surface area contributed by atoms with Gasteiger partial charge in [0.05, 0.1) is 0 Å². The minimum absolute atomic E-state index is 0.0413. The van der Waals surface area contributed by atoms with Crippen LogP contribution in [0.15, 0.2) is 4.79 Å². The predicted molar refractivity (Wildman–Crippen MR) is 282 cm³/mol. The van der Waals surface area contributed by atoms with Crippen LogP contribution in [0.2, 0.25) is 0 Å². The minimum Gasteiger partial charge on any atom is -0.501 e. The Hall–Kier alpha value is -1.40. The Balaban J connectivity index is 1.60. The van der Waals surface area contributed by atoms with Crippen molar-refractivity contribution in [1.29, 1.82) is 0 Å². The number of hydrogen-bond donors (Lipinski definition) is 3. The highest BCUT2D eigenvalue weighted by atomic mass is 16.3. The highest BCUT2D eigenvalue weighted by Gasteiger charge is 2.46. The van der Waals surface area contributed by atoms with Crippen LogP contribution < -0.4 is 30.9 Å². The zero-order valence-corrected chi connectivity index (χ0v) is 44.8. The summed E-state index contributed by atoms with van der Waals surface area (Å²) < 4.78 is 2.39. The monoisotopic (exact) mass is 896 g/mol. The van der Waals surface area contributed by atoms with Gasteiger partial charge in [0.2, 0.25) is 5.75 Å². The molecule has 2 heterocycles. The van der Waals surface area contributed by atoms with Crippen molar-refractivity contribution in [2.75, 3.05) is 18.0 Å². The molecule has 374 valence electrons. The highest BCUT2D eigenvalue weighted by molar-refractivity contribution is 5.63. The van der Waals surface area contributed by atoms with E-state index < -0.39 is 0 Å². The zero-order valence-electron chi connectivity index (χ0n) is 44.8. The van der Waals surface area contributed by atoms with Crippen LogP contribution in [0.4, 0.5) is 5.69 Å². The number of aromatic hydroxyl groups is 1. The van der Waals surface area contributed by atoms with Crippen molar-refractivity contribution in [2.24, 2.45) is 0 Å². The Morgan fingerprint density at radius 2 is 0.766 bits per heavy atom. The molecule has 0 atom stereocenters. The van der Waals surface area contributed by atoms with Crippen LogP contribution in [0, 0.1) is 0 Å². The summed E-state index contributed by atoms with van der Waals surface area (Å²) in [5, 5.41) is 20.6. The summed E-state index contributed by atoms with van der Waals surface area (Å²) in [7, 11) is 0. The van der Waals surface area contributed by atoms with Crippen molar-refractivity contribution >= 4 is 5.69 Å². The average molecular weight is 897 g/mol. The number of anilines is 1. The highest BCUT2D eigenvalue weighted by Crippen LogP contribution is 2.36. The standard InChI is InChI=1S/C58H110N4O2/c1-11-13-15-17-19-21-23-25-27-29-31-33-35-37-39-41-43-61(49-45-55(3,4)59-56(5,6)46-49)51-53(63)52(54(51)64)62(50-47-57(7,8)60-58(9,10)48-50)44-42-40-38-36-34-32-30-28-26-24-22-20-18-16-14-12-2/h49-50,59-60H,11-48H2,1-10H3/p+1. The third-order valence-electron chi connectivity index (χ3n) is 15.2. The third kappa shape index (κ3) is 22.1. The van der Waals surface area contributed by atoms with E-state index in [1.54, 1.807) is 0 Å². The van der Waals surface area contributed by atoms with Crippen LogP contribution in [-0.2, 0) is 0 Å². The van der Waals surface area contributed by atoms with E-state index in [-0.39, 0.29) is 45.4 Å². The molecule has 0 aromatic heterocycles. The fourth-order valence-electron chi connectivity index (χ4n) is 12.5. The fourth-order valence-corrected chi connectivity index (χ4v) is 12.5. The molecule has 0 spiro atoms. The lowest BCUT2D eigenvalue weighted by Gasteiger charge is -2.50. The second-order valence-electron chi connectivity index (χ2n) is 24.3. The molecule has 2 fully saturated rings. The van der Waals surface area contributed by atoms with E-state index in [0.717, 1.165) is 51.6 Å². The predicted octanol–water partition coefficient (Wildman–Crippen LogP) is 15.3. The number of rotatable bonds is 37. The van der Waals surface area contributed by atoms with Gasteiger partial charge in [0.1, 0.15) is 12.2 Å². The van der Waals surface area contributed by atoms with Crippen molar-refractivity contribution < 1.29 is 5.11 Å². The quantitative estimate of drug-likeness (QED) is 0.0459. The van der Waals surface area contributed by atoms with Crippen molar-refractivity contribution in [3.05, 3.63) is 15.6 Å². The molecule has 2 aliphatic heterocycles. The molecule has 0 saturated carbocycles. The van der Waals surface area contributed by atoms with E-state index in [2.05, 4.69) is 89.3 Å². The number of nitrogens with one attached hydrogen (secondary N) is 2. The molecule has 6 heteroatoms. The molecule has 0 unspecified atom stereocenters. The van der Waals surface area contributed by atoms with Crippen molar-refractivity contribution in [2.45, 2.75) is 335 Å². The van der Waals surface area contributed by atoms with Crippen molar-refractivity contribution in [3.8, 4) is 5.75 Å². The second-order valence-corrected chi connectivity index (χ2v) is 24.3.